The Hall–Kier alpha value is -4.01. The van der Waals surface area contributed by atoms with Crippen LogP contribution in [-0.4, -0.2) is 45.1 Å². The summed E-state index contributed by atoms with van der Waals surface area (Å²) >= 11 is 0. The number of amides is 1. The van der Waals surface area contributed by atoms with Gasteiger partial charge in [0.2, 0.25) is 11.7 Å². The first-order valence-electron chi connectivity index (χ1n) is 8.93. The van der Waals surface area contributed by atoms with E-state index in [9.17, 15) is 14.4 Å². The third-order valence-electron chi connectivity index (χ3n) is 4.10. The minimum absolute atomic E-state index is 0.00827. The summed E-state index contributed by atoms with van der Waals surface area (Å²) in [7, 11) is 2.95. The SMILES string of the molecule is COc1ccc(OC)c(NC(=O)COC(=O)C2=C(Nc3ccccc3)OCC2=O)c1. The van der Waals surface area contributed by atoms with Gasteiger partial charge in [-0.05, 0) is 24.3 Å². The summed E-state index contributed by atoms with van der Waals surface area (Å²) in [6.45, 7) is -0.888. The number of esters is 1. The van der Waals surface area contributed by atoms with Crippen LogP contribution in [0.5, 0.6) is 11.5 Å². The largest absolute Gasteiger partial charge is 0.497 e. The third kappa shape index (κ3) is 4.88. The number of hydrogen-bond acceptors (Lipinski definition) is 8. The molecular weight excluding hydrogens is 392 g/mol. The second-order valence-electron chi connectivity index (χ2n) is 6.10. The molecule has 3 rings (SSSR count). The van der Waals surface area contributed by atoms with Crippen molar-refractivity contribution in [1.29, 1.82) is 0 Å². The zero-order valence-electron chi connectivity index (χ0n) is 16.4. The van der Waals surface area contributed by atoms with E-state index in [0.29, 0.717) is 22.9 Å². The van der Waals surface area contributed by atoms with E-state index in [1.807, 2.05) is 6.07 Å². The average Bonchev–Trinajstić information content (AvgIpc) is 3.12. The summed E-state index contributed by atoms with van der Waals surface area (Å²) in [4.78, 5) is 36.7. The first-order chi connectivity index (χ1) is 14.5. The van der Waals surface area contributed by atoms with Crippen molar-refractivity contribution in [2.24, 2.45) is 0 Å². The molecule has 1 amide bonds. The fourth-order valence-electron chi connectivity index (χ4n) is 2.67. The van der Waals surface area contributed by atoms with E-state index in [0.717, 1.165) is 0 Å². The standard InChI is InChI=1S/C21H20N2O7/c1-27-14-8-9-17(28-2)15(10-14)23-18(25)12-30-21(26)19-16(24)11-29-20(19)22-13-6-4-3-5-7-13/h3-10,22H,11-12H2,1-2H3,(H,23,25). The second kappa shape index (κ2) is 9.46. The van der Waals surface area contributed by atoms with E-state index < -0.39 is 24.3 Å². The van der Waals surface area contributed by atoms with Gasteiger partial charge in [0.25, 0.3) is 5.91 Å². The van der Waals surface area contributed by atoms with Crippen molar-refractivity contribution >= 4 is 29.0 Å². The Bertz CT molecular complexity index is 986. The van der Waals surface area contributed by atoms with Gasteiger partial charge in [-0.25, -0.2) is 4.79 Å². The first-order valence-corrected chi connectivity index (χ1v) is 8.93. The van der Waals surface area contributed by atoms with Gasteiger partial charge in [-0.3, -0.25) is 9.59 Å². The van der Waals surface area contributed by atoms with Crippen molar-refractivity contribution in [1.82, 2.24) is 0 Å². The molecule has 0 atom stereocenters. The molecule has 0 radical (unpaired) electrons. The van der Waals surface area contributed by atoms with Gasteiger partial charge in [0, 0.05) is 11.8 Å². The first kappa shape index (κ1) is 20.7. The number of ketones is 1. The molecule has 30 heavy (non-hydrogen) atoms. The molecule has 0 bridgehead atoms. The number of methoxy groups -OCH3 is 2. The van der Waals surface area contributed by atoms with Crippen molar-refractivity contribution in [3.05, 3.63) is 60.0 Å². The molecule has 1 heterocycles. The topological polar surface area (TPSA) is 112 Å². The maximum atomic E-state index is 12.4. The molecule has 9 nitrogen and oxygen atoms in total. The van der Waals surface area contributed by atoms with Gasteiger partial charge >= 0.3 is 5.97 Å². The normalized spacial score (nSPS) is 12.8. The van der Waals surface area contributed by atoms with Crippen LogP contribution in [-0.2, 0) is 23.9 Å². The molecule has 2 aromatic rings. The summed E-state index contributed by atoms with van der Waals surface area (Å²) in [6.07, 6.45) is 0. The van der Waals surface area contributed by atoms with E-state index in [1.54, 1.807) is 42.5 Å². The molecule has 0 saturated carbocycles. The number of rotatable bonds is 8. The summed E-state index contributed by atoms with van der Waals surface area (Å²) in [5.74, 6) is -1.19. The van der Waals surface area contributed by atoms with Crippen molar-refractivity contribution in [2.75, 3.05) is 38.1 Å². The van der Waals surface area contributed by atoms with Gasteiger partial charge < -0.3 is 29.6 Å². The van der Waals surface area contributed by atoms with E-state index >= 15 is 0 Å². The van der Waals surface area contributed by atoms with Crippen LogP contribution in [0.15, 0.2) is 60.0 Å². The average molecular weight is 412 g/mol. The van der Waals surface area contributed by atoms with Crippen LogP contribution in [0.4, 0.5) is 11.4 Å². The third-order valence-corrected chi connectivity index (χ3v) is 4.10. The van der Waals surface area contributed by atoms with Crippen molar-refractivity contribution in [2.45, 2.75) is 0 Å². The van der Waals surface area contributed by atoms with Crippen LogP contribution < -0.4 is 20.1 Å². The lowest BCUT2D eigenvalue weighted by molar-refractivity contribution is -0.144. The fraction of sp³-hybridized carbons (Fsp3) is 0.190. The summed E-state index contributed by atoms with van der Waals surface area (Å²) in [5.41, 5.74) is 0.713. The number of Topliss-reactive ketones (excluding diaryl/α,β-unsaturated/α-hetero) is 1. The number of hydrogen-bond donors (Lipinski definition) is 2. The number of anilines is 2. The Labute approximate surface area is 172 Å². The van der Waals surface area contributed by atoms with E-state index in [-0.39, 0.29) is 18.1 Å². The van der Waals surface area contributed by atoms with Gasteiger partial charge in [-0.15, -0.1) is 0 Å². The minimum Gasteiger partial charge on any atom is -0.497 e. The number of carbonyl (C=O) groups excluding carboxylic acids is 3. The van der Waals surface area contributed by atoms with Crippen LogP contribution >= 0.6 is 0 Å². The Morgan fingerprint density at radius 2 is 1.83 bits per heavy atom. The Morgan fingerprint density at radius 1 is 1.07 bits per heavy atom. The Morgan fingerprint density at radius 3 is 2.53 bits per heavy atom. The van der Waals surface area contributed by atoms with Gasteiger partial charge in [0.15, 0.2) is 18.8 Å². The lowest BCUT2D eigenvalue weighted by Gasteiger charge is -2.12. The molecule has 0 fully saturated rings. The maximum Gasteiger partial charge on any atom is 0.347 e. The smallest absolute Gasteiger partial charge is 0.347 e. The predicted octanol–water partition coefficient (Wildman–Crippen LogP) is 2.11. The Kier molecular flexibility index (Phi) is 6.53. The van der Waals surface area contributed by atoms with Crippen molar-refractivity contribution < 1.29 is 33.3 Å². The molecule has 9 heteroatoms. The van der Waals surface area contributed by atoms with Crippen molar-refractivity contribution in [3.63, 3.8) is 0 Å². The fourth-order valence-corrected chi connectivity index (χ4v) is 2.67. The van der Waals surface area contributed by atoms with Gasteiger partial charge in [0.05, 0.1) is 19.9 Å². The summed E-state index contributed by atoms with van der Waals surface area (Å²) in [5, 5.41) is 5.44. The minimum atomic E-state index is -0.955. The summed E-state index contributed by atoms with van der Waals surface area (Å²) < 4.78 is 20.6. The van der Waals surface area contributed by atoms with E-state index in [4.69, 9.17) is 18.9 Å². The van der Waals surface area contributed by atoms with E-state index in [1.165, 1.54) is 14.2 Å². The van der Waals surface area contributed by atoms with Crippen LogP contribution in [0, 0.1) is 0 Å². The lowest BCUT2D eigenvalue weighted by atomic mass is 10.2. The van der Waals surface area contributed by atoms with Gasteiger partial charge in [0.1, 0.15) is 11.5 Å². The second-order valence-corrected chi connectivity index (χ2v) is 6.10. The number of para-hydroxylation sites is 1. The molecule has 2 aromatic carbocycles. The highest BCUT2D eigenvalue weighted by Gasteiger charge is 2.32. The molecule has 1 aliphatic heterocycles. The Balaban J connectivity index is 1.65. The number of nitrogens with one attached hydrogen (secondary N) is 2. The molecule has 0 aromatic heterocycles. The monoisotopic (exact) mass is 412 g/mol. The van der Waals surface area contributed by atoms with Crippen LogP contribution in [0.2, 0.25) is 0 Å². The highest BCUT2D eigenvalue weighted by molar-refractivity contribution is 6.20. The highest BCUT2D eigenvalue weighted by Crippen LogP contribution is 2.28. The zero-order valence-corrected chi connectivity index (χ0v) is 16.4. The number of benzene rings is 2. The lowest BCUT2D eigenvalue weighted by Crippen LogP contribution is -2.24. The zero-order chi connectivity index (χ0) is 21.5. The van der Waals surface area contributed by atoms with Gasteiger partial charge in [-0.1, -0.05) is 18.2 Å². The molecular formula is C21H20N2O7. The molecule has 2 N–H and O–H groups in total. The predicted molar refractivity (Wildman–Crippen MR) is 107 cm³/mol. The van der Waals surface area contributed by atoms with Gasteiger partial charge in [-0.2, -0.15) is 0 Å². The maximum absolute atomic E-state index is 12.4. The number of ether oxygens (including phenoxy) is 4. The van der Waals surface area contributed by atoms with Crippen LogP contribution in [0.1, 0.15) is 0 Å². The molecule has 1 aliphatic rings. The van der Waals surface area contributed by atoms with Crippen LogP contribution in [0.25, 0.3) is 0 Å². The number of carbonyl (C=O) groups is 3. The molecule has 156 valence electrons. The molecule has 0 saturated heterocycles. The molecule has 0 aliphatic carbocycles. The highest BCUT2D eigenvalue weighted by atomic mass is 16.5. The quantitative estimate of drug-likeness (QED) is 0.501. The molecule has 0 spiro atoms. The van der Waals surface area contributed by atoms with E-state index in [2.05, 4.69) is 10.6 Å². The van der Waals surface area contributed by atoms with Crippen molar-refractivity contribution in [3.8, 4) is 11.5 Å². The summed E-state index contributed by atoms with van der Waals surface area (Å²) in [6, 6.07) is 13.8. The van der Waals surface area contributed by atoms with Crippen LogP contribution in [0.3, 0.4) is 0 Å². The molecule has 0 unspecified atom stereocenters.